The van der Waals surface area contributed by atoms with Crippen molar-refractivity contribution in [3.63, 3.8) is 0 Å². The van der Waals surface area contributed by atoms with Gasteiger partial charge in [0.15, 0.2) is 12.2 Å². The lowest BCUT2D eigenvalue weighted by Gasteiger charge is -2.21. The quantitative estimate of drug-likeness (QED) is 0.0222. The number of hydrogen-bond acceptors (Lipinski definition) is 15. The van der Waals surface area contributed by atoms with E-state index in [1.54, 1.807) is 0 Å². The van der Waals surface area contributed by atoms with Gasteiger partial charge in [-0.2, -0.15) is 0 Å². The zero-order valence-electron chi connectivity index (χ0n) is 59.1. The van der Waals surface area contributed by atoms with Crippen LogP contribution in [0.25, 0.3) is 0 Å². The van der Waals surface area contributed by atoms with Crippen molar-refractivity contribution in [3.05, 3.63) is 0 Å². The normalized spacial score (nSPS) is 14.4. The molecule has 0 rings (SSSR count). The summed E-state index contributed by atoms with van der Waals surface area (Å²) in [7, 11) is -9.90. The lowest BCUT2D eigenvalue weighted by Crippen LogP contribution is -2.30. The number of phosphoric ester groups is 2. The first-order valence-corrected chi connectivity index (χ1v) is 40.5. The van der Waals surface area contributed by atoms with Gasteiger partial charge in [-0.3, -0.25) is 37.3 Å². The first-order valence-electron chi connectivity index (χ1n) is 37.5. The van der Waals surface area contributed by atoms with Crippen LogP contribution in [0.3, 0.4) is 0 Å². The van der Waals surface area contributed by atoms with E-state index in [4.69, 9.17) is 37.0 Å². The Kier molecular flexibility index (Phi) is 62.7. The van der Waals surface area contributed by atoms with Crippen molar-refractivity contribution >= 4 is 39.5 Å². The monoisotopic (exact) mass is 1340 g/mol. The van der Waals surface area contributed by atoms with Crippen molar-refractivity contribution in [2.45, 2.75) is 387 Å². The van der Waals surface area contributed by atoms with E-state index < -0.39 is 97.5 Å². The Hall–Kier alpha value is -1.94. The molecule has 0 fully saturated rings. The molecule has 0 bridgehead atoms. The van der Waals surface area contributed by atoms with Gasteiger partial charge in [-0.25, -0.2) is 9.13 Å². The maximum absolute atomic E-state index is 13.0. The maximum atomic E-state index is 13.0. The predicted molar refractivity (Wildman–Crippen MR) is 368 cm³/mol. The highest BCUT2D eigenvalue weighted by atomic mass is 31.2. The van der Waals surface area contributed by atoms with Crippen LogP contribution in [-0.2, 0) is 65.4 Å². The predicted octanol–water partition coefficient (Wildman–Crippen LogP) is 20.8. The van der Waals surface area contributed by atoms with Crippen molar-refractivity contribution in [1.82, 2.24) is 0 Å². The summed E-state index contributed by atoms with van der Waals surface area (Å²) >= 11 is 0. The standard InChI is InChI=1S/C72H140O17P2/c1-7-10-12-14-16-18-24-32-38-44-50-56-71(76)88-67(60-82-69(74)54-48-42-36-17-15-13-11-8-2)62-86-90(78,79)84-58-66(73)59-85-91(80,81)87-63-68(61-83-70(75)55-49-43-37-31-28-23-25-29-34-40-46-52-64(4)5)89-72(77)57-51-45-39-33-27-22-20-19-21-26-30-35-41-47-53-65(6)9-3/h64-68,73H,7-63H2,1-6H3,(H,78,79)(H,80,81)/t65?,66-,67+,68+/m0/s1. The molecule has 0 aliphatic heterocycles. The van der Waals surface area contributed by atoms with E-state index in [1.165, 1.54) is 180 Å². The Morgan fingerprint density at radius 1 is 0.319 bits per heavy atom. The molecule has 19 heteroatoms. The average molecular weight is 1340 g/mol. The summed E-state index contributed by atoms with van der Waals surface area (Å²) in [5.41, 5.74) is 0. The van der Waals surface area contributed by atoms with Gasteiger partial charge in [-0.1, -0.05) is 318 Å². The second kappa shape index (κ2) is 64.1. The highest BCUT2D eigenvalue weighted by Gasteiger charge is 2.30. The molecule has 0 radical (unpaired) electrons. The zero-order valence-corrected chi connectivity index (χ0v) is 60.9. The molecule has 0 saturated heterocycles. The van der Waals surface area contributed by atoms with Gasteiger partial charge >= 0.3 is 39.5 Å². The van der Waals surface area contributed by atoms with Crippen LogP contribution >= 0.6 is 15.6 Å². The molecule has 0 aromatic heterocycles. The van der Waals surface area contributed by atoms with Crippen molar-refractivity contribution in [2.75, 3.05) is 39.6 Å². The minimum Gasteiger partial charge on any atom is -0.462 e. The van der Waals surface area contributed by atoms with Gasteiger partial charge in [0.1, 0.15) is 19.3 Å². The number of carbonyl (C=O) groups excluding carboxylic acids is 4. The molecular weight excluding hydrogens is 1200 g/mol. The highest BCUT2D eigenvalue weighted by molar-refractivity contribution is 7.47. The molecule has 3 N–H and O–H groups in total. The molecule has 0 amide bonds. The van der Waals surface area contributed by atoms with E-state index in [9.17, 15) is 43.2 Å². The van der Waals surface area contributed by atoms with Gasteiger partial charge in [-0.15, -0.1) is 0 Å². The third-order valence-electron chi connectivity index (χ3n) is 17.1. The Bertz CT molecular complexity index is 1770. The molecular formula is C72H140O17P2. The van der Waals surface area contributed by atoms with Gasteiger partial charge in [0.2, 0.25) is 0 Å². The molecule has 0 aliphatic rings. The van der Waals surface area contributed by atoms with Crippen molar-refractivity contribution in [3.8, 4) is 0 Å². The van der Waals surface area contributed by atoms with Crippen molar-refractivity contribution < 1.29 is 80.2 Å². The molecule has 6 atom stereocenters. The van der Waals surface area contributed by atoms with E-state index in [0.717, 1.165) is 108 Å². The molecule has 0 aliphatic carbocycles. The first kappa shape index (κ1) is 89.1. The fourth-order valence-electron chi connectivity index (χ4n) is 10.9. The third kappa shape index (κ3) is 65.1. The molecule has 17 nitrogen and oxygen atoms in total. The molecule has 0 aromatic rings. The summed E-state index contributed by atoms with van der Waals surface area (Å²) in [6.45, 7) is 9.59. The van der Waals surface area contributed by atoms with Crippen LogP contribution in [0.15, 0.2) is 0 Å². The molecule has 3 unspecified atom stereocenters. The van der Waals surface area contributed by atoms with E-state index in [-0.39, 0.29) is 25.7 Å². The molecule has 0 aromatic carbocycles. The zero-order chi connectivity index (χ0) is 67.2. The molecule has 540 valence electrons. The van der Waals surface area contributed by atoms with Crippen LogP contribution in [0, 0.1) is 11.8 Å². The second-order valence-electron chi connectivity index (χ2n) is 26.7. The topological polar surface area (TPSA) is 237 Å². The number of phosphoric acid groups is 2. The third-order valence-corrected chi connectivity index (χ3v) is 19.0. The van der Waals surface area contributed by atoms with Crippen LogP contribution in [0.1, 0.15) is 369 Å². The number of esters is 4. The van der Waals surface area contributed by atoms with Crippen LogP contribution < -0.4 is 0 Å². The van der Waals surface area contributed by atoms with Crippen LogP contribution in [0.2, 0.25) is 0 Å². The van der Waals surface area contributed by atoms with E-state index in [1.807, 2.05) is 0 Å². The summed E-state index contributed by atoms with van der Waals surface area (Å²) in [4.78, 5) is 72.5. The van der Waals surface area contributed by atoms with Crippen molar-refractivity contribution in [2.24, 2.45) is 11.8 Å². The lowest BCUT2D eigenvalue weighted by molar-refractivity contribution is -0.161. The SMILES string of the molecule is CCCCCCCCCCCCCC(=O)O[C@H](COC(=O)CCCCCCCCCC)COP(=O)(O)OC[C@H](O)COP(=O)(O)OC[C@@H](COC(=O)CCCCCCCCCCCCCC(C)C)OC(=O)CCCCCCCCCCCCCCCCC(C)CC. The number of carbonyl (C=O) groups is 4. The fraction of sp³-hybridized carbons (Fsp3) is 0.944. The highest BCUT2D eigenvalue weighted by Crippen LogP contribution is 2.45. The Morgan fingerprint density at radius 2 is 0.560 bits per heavy atom. The minimum atomic E-state index is -4.95. The number of unbranched alkanes of at least 4 members (excludes halogenated alkanes) is 40. The van der Waals surface area contributed by atoms with Gasteiger partial charge in [0.05, 0.1) is 26.4 Å². The van der Waals surface area contributed by atoms with Gasteiger partial charge in [0, 0.05) is 25.7 Å². The van der Waals surface area contributed by atoms with Crippen molar-refractivity contribution in [1.29, 1.82) is 0 Å². The second-order valence-corrected chi connectivity index (χ2v) is 29.6. The molecule has 0 heterocycles. The Morgan fingerprint density at radius 3 is 0.835 bits per heavy atom. The average Bonchev–Trinajstić information content (AvgIpc) is 3.47. The van der Waals surface area contributed by atoms with Gasteiger partial charge in [-0.05, 0) is 37.5 Å². The largest absolute Gasteiger partial charge is 0.472 e. The first-order chi connectivity index (χ1) is 43.9. The number of aliphatic hydroxyl groups is 1. The van der Waals surface area contributed by atoms with Gasteiger partial charge in [0.25, 0.3) is 0 Å². The van der Waals surface area contributed by atoms with E-state index in [0.29, 0.717) is 25.7 Å². The summed E-state index contributed by atoms with van der Waals surface area (Å²) in [6, 6.07) is 0. The molecule has 91 heavy (non-hydrogen) atoms. The Balaban J connectivity index is 5.21. The number of ether oxygens (including phenoxy) is 4. The lowest BCUT2D eigenvalue weighted by atomic mass is 9.99. The van der Waals surface area contributed by atoms with E-state index in [2.05, 4.69) is 41.5 Å². The fourth-order valence-corrected chi connectivity index (χ4v) is 12.5. The summed E-state index contributed by atoms with van der Waals surface area (Å²) in [6.07, 6.45) is 49.9. The van der Waals surface area contributed by atoms with E-state index >= 15 is 0 Å². The summed E-state index contributed by atoms with van der Waals surface area (Å²) in [5, 5.41) is 10.6. The maximum Gasteiger partial charge on any atom is 0.472 e. The molecule has 0 saturated carbocycles. The smallest absolute Gasteiger partial charge is 0.462 e. The number of aliphatic hydroxyl groups excluding tert-OH is 1. The van der Waals surface area contributed by atoms with Crippen LogP contribution in [0.5, 0.6) is 0 Å². The minimum absolute atomic E-state index is 0.107. The molecule has 0 spiro atoms. The Labute approximate surface area is 556 Å². The van der Waals surface area contributed by atoms with Gasteiger partial charge < -0.3 is 33.8 Å². The summed E-state index contributed by atoms with van der Waals surface area (Å²) < 4.78 is 68.3. The van der Waals surface area contributed by atoms with Crippen LogP contribution in [-0.4, -0.2) is 96.7 Å². The van der Waals surface area contributed by atoms with Crippen LogP contribution in [0.4, 0.5) is 0 Å². The number of hydrogen-bond donors (Lipinski definition) is 3. The summed E-state index contributed by atoms with van der Waals surface area (Å²) in [5.74, 6) is -0.506. The number of rotatable bonds is 71.